The zero-order chi connectivity index (χ0) is 48.1. The smallest absolute Gasteiger partial charge is 0.264 e. The van der Waals surface area contributed by atoms with Gasteiger partial charge in [-0.15, -0.1) is 11.3 Å². The maximum Gasteiger partial charge on any atom is 0.264 e. The number of anilines is 6. The van der Waals surface area contributed by atoms with Gasteiger partial charge in [0.15, 0.2) is 0 Å². The quantitative estimate of drug-likeness (QED) is 0.163. The fourth-order valence-corrected chi connectivity index (χ4v) is 12.6. The number of fused-ring (bicyclic) bond motifs is 7. The van der Waals surface area contributed by atoms with E-state index in [9.17, 15) is 0 Å². The lowest BCUT2D eigenvalue weighted by molar-refractivity contribution is 0.332. The lowest BCUT2D eigenvalue weighted by Gasteiger charge is -2.46. The summed E-state index contributed by atoms with van der Waals surface area (Å²) < 4.78 is 2.77. The molecule has 4 heteroatoms. The average molecular weight is 901 g/mol. The Bertz CT molecular complexity index is 3100. The summed E-state index contributed by atoms with van der Waals surface area (Å²) in [6.07, 6.45) is 2.33. The number of hydrogen-bond donors (Lipinski definition) is 0. The number of hydrogen-bond acceptors (Lipinski definition) is 3. The molecule has 2 nitrogen and oxygen atoms in total. The first kappa shape index (κ1) is 45.7. The molecule has 0 amide bonds. The van der Waals surface area contributed by atoms with E-state index >= 15 is 0 Å². The van der Waals surface area contributed by atoms with Crippen LogP contribution in [-0.4, -0.2) is 6.71 Å². The van der Waals surface area contributed by atoms with Crippen molar-refractivity contribution in [1.82, 2.24) is 0 Å². The molecule has 0 N–H and O–H groups in total. The van der Waals surface area contributed by atoms with Crippen molar-refractivity contribution in [3.8, 4) is 11.1 Å². The van der Waals surface area contributed by atoms with Crippen molar-refractivity contribution in [2.45, 2.75) is 163 Å². The Morgan fingerprint density at radius 3 is 1.63 bits per heavy atom. The van der Waals surface area contributed by atoms with E-state index in [-0.39, 0.29) is 39.2 Å². The van der Waals surface area contributed by atoms with Gasteiger partial charge in [-0.25, -0.2) is 0 Å². The molecule has 0 fully saturated rings. The normalized spacial score (nSPS) is 16.5. The van der Waals surface area contributed by atoms with E-state index in [1.54, 1.807) is 0 Å². The molecule has 3 heterocycles. The predicted octanol–water partition coefficient (Wildman–Crippen LogP) is 16.5. The van der Waals surface area contributed by atoms with Gasteiger partial charge in [-0.2, -0.15) is 0 Å². The van der Waals surface area contributed by atoms with Crippen molar-refractivity contribution in [1.29, 1.82) is 0 Å². The molecule has 0 bridgehead atoms. The second-order valence-corrected chi connectivity index (χ2v) is 27.0. The molecule has 1 aliphatic carbocycles. The minimum Gasteiger partial charge on any atom is -0.311 e. The van der Waals surface area contributed by atoms with Crippen LogP contribution in [0.1, 0.15) is 163 Å². The number of aryl methyl sites for hydroxylation is 1. The molecule has 2 aliphatic heterocycles. The summed E-state index contributed by atoms with van der Waals surface area (Å²) in [4.78, 5) is 5.42. The number of benzene rings is 6. The third-order valence-corrected chi connectivity index (χ3v) is 17.0. The molecular formula is C63H73BN2S. The molecule has 344 valence electrons. The molecule has 0 saturated heterocycles. The summed E-state index contributed by atoms with van der Waals surface area (Å²) in [5.41, 5.74) is 22.7. The standard InChI is InChI=1S/C63H73BN2S/c1-38-29-52-55-53(30-38)66(50-37-48-47(62(14,15)27-28-63(48,16)17)36-45(50)39-21-19-18-20-22-39)56-46-34-40(58(2,3)4)24-26-54(46)67-57(56)64(55)49-25-23-41(59(5,6)7)35-51(49)65(52)44-32-42(60(8,9)10)31-43(33-44)61(11,12)13/h18-26,29-37H,27-28H2,1-17H3. The van der Waals surface area contributed by atoms with E-state index in [1.165, 1.54) is 116 Å². The molecule has 0 unspecified atom stereocenters. The maximum absolute atomic E-state index is 2.75. The largest absolute Gasteiger partial charge is 0.311 e. The van der Waals surface area contributed by atoms with Crippen molar-refractivity contribution in [3.63, 3.8) is 0 Å². The topological polar surface area (TPSA) is 6.48 Å². The van der Waals surface area contributed by atoms with Gasteiger partial charge in [-0.3, -0.25) is 0 Å². The van der Waals surface area contributed by atoms with Crippen LogP contribution >= 0.6 is 11.3 Å². The second-order valence-electron chi connectivity index (χ2n) is 25.9. The van der Waals surface area contributed by atoms with Gasteiger partial charge in [0.05, 0.1) is 11.4 Å². The van der Waals surface area contributed by atoms with E-state index in [0.717, 1.165) is 6.42 Å². The van der Waals surface area contributed by atoms with Gasteiger partial charge in [0, 0.05) is 43.2 Å². The summed E-state index contributed by atoms with van der Waals surface area (Å²) in [6.45, 7) is 40.6. The lowest BCUT2D eigenvalue weighted by Crippen LogP contribution is -2.60. The van der Waals surface area contributed by atoms with Gasteiger partial charge >= 0.3 is 0 Å². The molecule has 1 aromatic heterocycles. The van der Waals surface area contributed by atoms with E-state index in [2.05, 4.69) is 237 Å². The fourth-order valence-electron chi connectivity index (χ4n) is 11.3. The van der Waals surface area contributed by atoms with E-state index in [1.807, 2.05) is 11.3 Å². The minimum absolute atomic E-state index is 0.00437. The van der Waals surface area contributed by atoms with Crippen molar-refractivity contribution >= 4 is 78.0 Å². The van der Waals surface area contributed by atoms with Gasteiger partial charge in [-0.05, 0) is 162 Å². The van der Waals surface area contributed by atoms with Crippen molar-refractivity contribution in [2.75, 3.05) is 9.80 Å². The highest BCUT2D eigenvalue weighted by Gasteiger charge is 2.47. The summed E-state index contributed by atoms with van der Waals surface area (Å²) in [5, 5.41) is 1.35. The van der Waals surface area contributed by atoms with Crippen LogP contribution in [0.4, 0.5) is 34.1 Å². The Balaban J connectivity index is 1.38. The summed E-state index contributed by atoms with van der Waals surface area (Å²) >= 11 is 2.01. The van der Waals surface area contributed by atoms with Crippen LogP contribution in [-0.2, 0) is 32.5 Å². The molecule has 0 atom stereocenters. The number of nitrogens with zero attached hydrogens (tertiary/aromatic N) is 2. The minimum atomic E-state index is -0.0340. The Labute approximate surface area is 407 Å². The number of thiophene rings is 1. The average Bonchev–Trinajstić information content (AvgIpc) is 3.62. The Morgan fingerprint density at radius 2 is 1.04 bits per heavy atom. The number of rotatable bonds is 3. The Morgan fingerprint density at radius 1 is 0.507 bits per heavy atom. The van der Waals surface area contributed by atoms with Gasteiger partial charge in [0.25, 0.3) is 6.71 Å². The van der Waals surface area contributed by atoms with Crippen molar-refractivity contribution in [2.24, 2.45) is 0 Å². The zero-order valence-electron chi connectivity index (χ0n) is 43.7. The third kappa shape index (κ3) is 7.51. The van der Waals surface area contributed by atoms with Crippen LogP contribution in [0.15, 0.2) is 109 Å². The van der Waals surface area contributed by atoms with Crippen LogP contribution in [0.5, 0.6) is 0 Å². The summed E-state index contributed by atoms with van der Waals surface area (Å²) in [6, 6.07) is 43.8. The summed E-state index contributed by atoms with van der Waals surface area (Å²) in [5.74, 6) is 0. The fraction of sp³-hybridized carbons (Fsp3) is 0.397. The van der Waals surface area contributed by atoms with Gasteiger partial charge < -0.3 is 9.80 Å². The first-order valence-corrected chi connectivity index (χ1v) is 25.8. The van der Waals surface area contributed by atoms with Crippen LogP contribution < -0.4 is 25.5 Å². The molecule has 0 spiro atoms. The van der Waals surface area contributed by atoms with Crippen LogP contribution in [0.25, 0.3) is 21.2 Å². The first-order chi connectivity index (χ1) is 31.1. The van der Waals surface area contributed by atoms with Crippen LogP contribution in [0.3, 0.4) is 0 Å². The molecule has 0 saturated carbocycles. The van der Waals surface area contributed by atoms with Crippen LogP contribution in [0, 0.1) is 6.92 Å². The van der Waals surface area contributed by atoms with Crippen molar-refractivity contribution < 1.29 is 0 Å². The lowest BCUT2D eigenvalue weighted by atomic mass is 9.36. The van der Waals surface area contributed by atoms with Gasteiger partial charge in [-0.1, -0.05) is 165 Å². The molecule has 3 aliphatic rings. The van der Waals surface area contributed by atoms with Gasteiger partial charge in [0.2, 0.25) is 0 Å². The predicted molar refractivity (Wildman–Crippen MR) is 296 cm³/mol. The van der Waals surface area contributed by atoms with E-state index in [0.29, 0.717) is 0 Å². The zero-order valence-corrected chi connectivity index (χ0v) is 44.5. The molecule has 67 heavy (non-hydrogen) atoms. The SMILES string of the molecule is Cc1cc2c3c(c1)N(c1cc4c(cc1-c1ccccc1)C(C)(C)CCC4(C)C)c1c(sc4ccc(C(C)(C)C)cc14)B3c1ccc(C(C)(C)C)cc1N2c1cc(C(C)(C)C)cc(C(C)(C)C)c1. The molecule has 10 rings (SSSR count). The molecular weight excluding hydrogens is 828 g/mol. The Kier molecular flexibility index (Phi) is 10.2. The third-order valence-electron chi connectivity index (χ3n) is 15.7. The Hall–Kier alpha value is -5.06. The highest BCUT2D eigenvalue weighted by molar-refractivity contribution is 7.33. The second kappa shape index (κ2) is 15.0. The highest BCUT2D eigenvalue weighted by atomic mass is 32.1. The van der Waals surface area contributed by atoms with E-state index < -0.39 is 0 Å². The van der Waals surface area contributed by atoms with Crippen LogP contribution in [0.2, 0.25) is 0 Å². The van der Waals surface area contributed by atoms with E-state index in [4.69, 9.17) is 0 Å². The maximum atomic E-state index is 2.75. The highest BCUT2D eigenvalue weighted by Crippen LogP contribution is 2.55. The molecule has 7 aromatic rings. The van der Waals surface area contributed by atoms with Crippen molar-refractivity contribution in [3.05, 3.63) is 148 Å². The molecule has 0 radical (unpaired) electrons. The first-order valence-electron chi connectivity index (χ1n) is 25.0. The monoisotopic (exact) mass is 901 g/mol. The summed E-state index contributed by atoms with van der Waals surface area (Å²) in [7, 11) is 0. The molecule has 6 aromatic carbocycles. The van der Waals surface area contributed by atoms with Gasteiger partial charge in [0.1, 0.15) is 0 Å².